The summed E-state index contributed by atoms with van der Waals surface area (Å²) in [4.78, 5) is 9.61. The maximum Gasteiger partial charge on any atom is 0.332 e. The largest absolute Gasteiger partial charge is 0.332 e. The molecule has 0 radical (unpaired) electrons. The molecule has 5 nitrogen and oxygen atoms in total. The fourth-order valence-electron chi connectivity index (χ4n) is 1.65. The Kier molecular flexibility index (Phi) is 3.52. The highest BCUT2D eigenvalue weighted by molar-refractivity contribution is 7.51. The number of hydrogen-bond donors (Lipinski definition) is 1. The molecule has 2 rings (SSSR count). The summed E-state index contributed by atoms with van der Waals surface area (Å²) < 4.78 is 16.6. The molecular weight excluding hydrogens is 239 g/mol. The van der Waals surface area contributed by atoms with Crippen molar-refractivity contribution in [1.82, 2.24) is 10.2 Å². The van der Waals surface area contributed by atoms with E-state index in [1.165, 1.54) is 6.20 Å². The molecule has 0 amide bonds. The monoisotopic (exact) mass is 252 g/mol. The Morgan fingerprint density at radius 1 is 1.41 bits per heavy atom. The van der Waals surface area contributed by atoms with Crippen LogP contribution in [0.15, 0.2) is 30.5 Å². The second kappa shape index (κ2) is 4.92. The van der Waals surface area contributed by atoms with Gasteiger partial charge >= 0.3 is 7.60 Å². The zero-order valence-corrected chi connectivity index (χ0v) is 10.3. The van der Waals surface area contributed by atoms with Crippen molar-refractivity contribution in [2.75, 3.05) is 6.61 Å². The zero-order valence-electron chi connectivity index (χ0n) is 9.41. The van der Waals surface area contributed by atoms with Gasteiger partial charge in [0.05, 0.1) is 24.5 Å². The summed E-state index contributed by atoms with van der Waals surface area (Å²) in [5.41, 5.74) is 1.39. The molecule has 0 aliphatic carbocycles. The van der Waals surface area contributed by atoms with Gasteiger partial charge in [-0.3, -0.25) is 4.57 Å². The molecule has 1 aromatic heterocycles. The van der Waals surface area contributed by atoms with Crippen LogP contribution in [0.1, 0.15) is 12.5 Å². The summed E-state index contributed by atoms with van der Waals surface area (Å²) in [6.45, 7) is 1.90. The number of nitrogens with zero attached hydrogens (tertiary/aromatic N) is 2. The Morgan fingerprint density at radius 2 is 2.18 bits per heavy atom. The normalized spacial score (nSPS) is 14.7. The molecule has 0 spiro atoms. The van der Waals surface area contributed by atoms with E-state index in [1.54, 1.807) is 6.92 Å². The lowest BCUT2D eigenvalue weighted by Gasteiger charge is -2.11. The Hall–Kier alpha value is -1.29. The minimum atomic E-state index is -3.59. The molecule has 1 heterocycles. The summed E-state index contributed by atoms with van der Waals surface area (Å²) in [5, 5.41) is 8.61. The van der Waals surface area contributed by atoms with Crippen LogP contribution in [-0.4, -0.2) is 21.7 Å². The SMILES string of the molecule is CCOP(=O)(O)Cc1cnnc2ccccc12. The van der Waals surface area contributed by atoms with Gasteiger partial charge < -0.3 is 9.42 Å². The van der Waals surface area contributed by atoms with Crippen LogP contribution < -0.4 is 0 Å². The third kappa shape index (κ3) is 2.88. The number of fused-ring (bicyclic) bond motifs is 1. The smallest absolute Gasteiger partial charge is 0.324 e. The lowest BCUT2D eigenvalue weighted by Crippen LogP contribution is -1.96. The van der Waals surface area contributed by atoms with Gasteiger partial charge in [-0.2, -0.15) is 10.2 Å². The average molecular weight is 252 g/mol. The Labute approximate surface area is 99.0 Å². The van der Waals surface area contributed by atoms with E-state index < -0.39 is 7.60 Å². The van der Waals surface area contributed by atoms with Crippen LogP contribution >= 0.6 is 7.60 Å². The minimum absolute atomic E-state index is 0.0448. The van der Waals surface area contributed by atoms with Crippen molar-refractivity contribution in [3.63, 3.8) is 0 Å². The maximum atomic E-state index is 11.7. The first-order valence-corrected chi connectivity index (χ1v) is 7.04. The molecular formula is C11H13N2O3P. The van der Waals surface area contributed by atoms with Gasteiger partial charge in [0.15, 0.2) is 0 Å². The number of rotatable bonds is 4. The second-order valence-electron chi connectivity index (χ2n) is 3.60. The minimum Gasteiger partial charge on any atom is -0.324 e. The van der Waals surface area contributed by atoms with Gasteiger partial charge in [0, 0.05) is 5.39 Å². The predicted octanol–water partition coefficient (Wildman–Crippen LogP) is 2.35. The standard InChI is InChI=1S/C11H13N2O3P/c1-2-16-17(14,15)8-9-7-12-13-11-6-4-3-5-10(9)11/h3-7H,2,8H2,1H3,(H,14,15). The van der Waals surface area contributed by atoms with E-state index in [4.69, 9.17) is 4.52 Å². The molecule has 0 saturated carbocycles. The Morgan fingerprint density at radius 3 is 2.94 bits per heavy atom. The first-order chi connectivity index (χ1) is 8.12. The highest BCUT2D eigenvalue weighted by Crippen LogP contribution is 2.46. The fourth-order valence-corrected chi connectivity index (χ4v) is 2.83. The summed E-state index contributed by atoms with van der Waals surface area (Å²) in [6.07, 6.45) is 1.46. The van der Waals surface area contributed by atoms with Crippen LogP contribution in [-0.2, 0) is 15.3 Å². The predicted molar refractivity (Wildman–Crippen MR) is 64.7 cm³/mol. The molecule has 6 heteroatoms. The van der Waals surface area contributed by atoms with Crippen molar-refractivity contribution in [1.29, 1.82) is 0 Å². The van der Waals surface area contributed by atoms with Crippen LogP contribution in [0.3, 0.4) is 0 Å². The van der Waals surface area contributed by atoms with Crippen molar-refractivity contribution in [2.24, 2.45) is 0 Å². The third-order valence-corrected chi connectivity index (χ3v) is 3.73. The summed E-state index contributed by atoms with van der Waals surface area (Å²) in [5.74, 6) is 0. The van der Waals surface area contributed by atoms with Gasteiger partial charge in [0.1, 0.15) is 0 Å². The number of benzene rings is 1. The molecule has 17 heavy (non-hydrogen) atoms. The van der Waals surface area contributed by atoms with E-state index in [0.717, 1.165) is 5.39 Å². The molecule has 1 aromatic carbocycles. The van der Waals surface area contributed by atoms with Gasteiger partial charge in [-0.1, -0.05) is 18.2 Å². The summed E-state index contributed by atoms with van der Waals surface area (Å²) in [7, 11) is -3.59. The van der Waals surface area contributed by atoms with E-state index >= 15 is 0 Å². The molecule has 1 atom stereocenters. The number of aromatic nitrogens is 2. The molecule has 0 aliphatic rings. The van der Waals surface area contributed by atoms with Crippen molar-refractivity contribution < 1.29 is 14.0 Å². The van der Waals surface area contributed by atoms with Crippen LogP contribution in [0, 0.1) is 0 Å². The molecule has 90 valence electrons. The summed E-state index contributed by atoms with van der Waals surface area (Å²) >= 11 is 0. The Bertz CT molecular complexity index is 568. The van der Waals surface area contributed by atoms with Crippen molar-refractivity contribution in [3.05, 3.63) is 36.0 Å². The molecule has 0 aliphatic heterocycles. The third-order valence-electron chi connectivity index (χ3n) is 2.33. The van der Waals surface area contributed by atoms with Crippen LogP contribution in [0.4, 0.5) is 0 Å². The first kappa shape index (κ1) is 12.2. The van der Waals surface area contributed by atoms with Crippen molar-refractivity contribution in [2.45, 2.75) is 13.1 Å². The molecule has 2 aromatic rings. The van der Waals surface area contributed by atoms with Crippen molar-refractivity contribution >= 4 is 18.5 Å². The Balaban J connectivity index is 2.39. The molecule has 0 saturated heterocycles. The zero-order chi connectivity index (χ0) is 12.3. The van der Waals surface area contributed by atoms with Gasteiger partial charge in [-0.15, -0.1) is 0 Å². The molecule has 0 bridgehead atoms. The van der Waals surface area contributed by atoms with Gasteiger partial charge in [-0.25, -0.2) is 0 Å². The van der Waals surface area contributed by atoms with Crippen molar-refractivity contribution in [3.8, 4) is 0 Å². The highest BCUT2D eigenvalue weighted by Gasteiger charge is 2.20. The quantitative estimate of drug-likeness (QED) is 0.845. The molecule has 1 unspecified atom stereocenters. The van der Waals surface area contributed by atoms with Crippen LogP contribution in [0.25, 0.3) is 10.9 Å². The first-order valence-electron chi connectivity index (χ1n) is 5.28. The average Bonchev–Trinajstić information content (AvgIpc) is 2.29. The molecule has 0 fully saturated rings. The fraction of sp³-hybridized carbons (Fsp3) is 0.273. The van der Waals surface area contributed by atoms with E-state index in [-0.39, 0.29) is 12.8 Å². The van der Waals surface area contributed by atoms with E-state index in [0.29, 0.717) is 11.1 Å². The van der Waals surface area contributed by atoms with Gasteiger partial charge in [0.2, 0.25) is 0 Å². The second-order valence-corrected chi connectivity index (χ2v) is 5.45. The van der Waals surface area contributed by atoms with E-state index in [1.807, 2.05) is 24.3 Å². The lowest BCUT2D eigenvalue weighted by molar-refractivity contribution is 0.272. The highest BCUT2D eigenvalue weighted by atomic mass is 31.2. The van der Waals surface area contributed by atoms with Crippen LogP contribution in [0.2, 0.25) is 0 Å². The van der Waals surface area contributed by atoms with Gasteiger partial charge in [0.25, 0.3) is 0 Å². The van der Waals surface area contributed by atoms with E-state index in [2.05, 4.69) is 10.2 Å². The van der Waals surface area contributed by atoms with E-state index in [9.17, 15) is 9.46 Å². The summed E-state index contributed by atoms with van der Waals surface area (Å²) in [6, 6.07) is 7.37. The number of hydrogen-bond acceptors (Lipinski definition) is 4. The maximum absolute atomic E-state index is 11.7. The van der Waals surface area contributed by atoms with Crippen LogP contribution in [0.5, 0.6) is 0 Å². The molecule has 1 N–H and O–H groups in total. The lowest BCUT2D eigenvalue weighted by atomic mass is 10.1. The topological polar surface area (TPSA) is 72.3 Å². The van der Waals surface area contributed by atoms with Gasteiger partial charge in [-0.05, 0) is 18.6 Å².